The molecule has 7 heteroatoms. The maximum atomic E-state index is 13.5. The number of anilines is 1. The lowest BCUT2D eigenvalue weighted by molar-refractivity contribution is -0.384. The van der Waals surface area contributed by atoms with Gasteiger partial charge in [-0.1, -0.05) is 33.8 Å². The van der Waals surface area contributed by atoms with E-state index in [0.717, 1.165) is 18.5 Å². The number of hydrogen-bond donors (Lipinski definition) is 1. The van der Waals surface area contributed by atoms with Crippen molar-refractivity contribution in [2.24, 2.45) is 11.8 Å². The fourth-order valence-electron chi connectivity index (χ4n) is 3.48. The normalized spacial score (nSPS) is 12.0. The maximum Gasteiger partial charge on any atom is 0.292 e. The first kappa shape index (κ1) is 25.9. The summed E-state index contributed by atoms with van der Waals surface area (Å²) in [7, 11) is 3.99. The molecule has 0 fully saturated rings. The van der Waals surface area contributed by atoms with E-state index in [4.69, 9.17) is 0 Å². The van der Waals surface area contributed by atoms with E-state index < -0.39 is 5.41 Å². The lowest BCUT2D eigenvalue weighted by Crippen LogP contribution is -2.46. The molecule has 0 spiro atoms. The summed E-state index contributed by atoms with van der Waals surface area (Å²) in [4.78, 5) is 28.6. The molecule has 1 aromatic rings. The van der Waals surface area contributed by atoms with Gasteiger partial charge < -0.3 is 15.1 Å². The third kappa shape index (κ3) is 7.59. The number of benzene rings is 1. The summed E-state index contributed by atoms with van der Waals surface area (Å²) in [5, 5.41) is 14.7. The summed E-state index contributed by atoms with van der Waals surface area (Å²) in [6, 6.07) is 4.99. The molecule has 1 amide bonds. The fraction of sp³-hybridized carbons (Fsp3) is 0.696. The van der Waals surface area contributed by atoms with Crippen LogP contribution in [0.15, 0.2) is 18.2 Å². The number of nitrogens with one attached hydrogen (secondary N) is 1. The molecule has 0 heterocycles. The summed E-state index contributed by atoms with van der Waals surface area (Å²) < 4.78 is 0. The van der Waals surface area contributed by atoms with E-state index in [1.165, 1.54) is 6.07 Å². The highest BCUT2D eigenvalue weighted by Gasteiger charge is 2.35. The van der Waals surface area contributed by atoms with Crippen molar-refractivity contribution in [3.63, 3.8) is 0 Å². The van der Waals surface area contributed by atoms with Crippen molar-refractivity contribution in [1.29, 1.82) is 0 Å². The third-order valence-corrected chi connectivity index (χ3v) is 5.01. The van der Waals surface area contributed by atoms with Crippen molar-refractivity contribution in [2.75, 3.05) is 45.6 Å². The lowest BCUT2D eigenvalue weighted by Gasteiger charge is -2.34. The molecule has 0 aromatic heterocycles. The van der Waals surface area contributed by atoms with E-state index in [1.807, 2.05) is 32.8 Å². The second-order valence-electron chi connectivity index (χ2n) is 9.70. The highest BCUT2D eigenvalue weighted by Crippen LogP contribution is 2.33. The number of hydrogen-bond acceptors (Lipinski definition) is 5. The second kappa shape index (κ2) is 11.3. The zero-order valence-corrected chi connectivity index (χ0v) is 20.0. The third-order valence-electron chi connectivity index (χ3n) is 5.01. The molecule has 0 saturated carbocycles. The minimum atomic E-state index is -0.779. The number of amides is 1. The van der Waals surface area contributed by atoms with Crippen LogP contribution in [0.25, 0.3) is 0 Å². The van der Waals surface area contributed by atoms with E-state index in [9.17, 15) is 14.9 Å². The zero-order valence-electron chi connectivity index (χ0n) is 20.0. The Morgan fingerprint density at radius 2 is 1.70 bits per heavy atom. The number of rotatable bonds is 12. The molecule has 30 heavy (non-hydrogen) atoms. The molecule has 0 aliphatic rings. The standard InChI is InChI=1S/C23H40N4O3/c1-17(2)15-26(16-18(3)4)22(28)23(5,6)19-10-11-21(27(29)30)20(14-19)24-12-9-13-25(7)8/h10-11,14,17-18,24H,9,12-13,15-16H2,1-8H3. The molecule has 0 radical (unpaired) electrons. The number of carbonyl (C=O) groups is 1. The largest absolute Gasteiger partial charge is 0.379 e. The van der Waals surface area contributed by atoms with Gasteiger partial charge in [-0.05, 0) is 64.4 Å². The van der Waals surface area contributed by atoms with Crippen molar-refractivity contribution in [2.45, 2.75) is 53.4 Å². The minimum absolute atomic E-state index is 0.0352. The van der Waals surface area contributed by atoms with Gasteiger partial charge in [0, 0.05) is 25.7 Å². The predicted molar refractivity (Wildman–Crippen MR) is 124 cm³/mol. The molecule has 0 unspecified atom stereocenters. The van der Waals surface area contributed by atoms with Crippen LogP contribution >= 0.6 is 0 Å². The molecular formula is C23H40N4O3. The molecule has 170 valence electrons. The summed E-state index contributed by atoms with van der Waals surface area (Å²) in [5.41, 5.74) is 0.508. The van der Waals surface area contributed by atoms with Crippen LogP contribution in [0.2, 0.25) is 0 Å². The van der Waals surface area contributed by atoms with Gasteiger partial charge in [0.1, 0.15) is 5.69 Å². The Bertz CT molecular complexity index is 704. The van der Waals surface area contributed by atoms with Crippen LogP contribution < -0.4 is 5.32 Å². The second-order valence-corrected chi connectivity index (χ2v) is 9.70. The molecule has 0 atom stereocenters. The van der Waals surface area contributed by atoms with Crippen molar-refractivity contribution in [3.8, 4) is 0 Å². The van der Waals surface area contributed by atoms with E-state index in [1.54, 1.807) is 12.1 Å². The molecule has 0 aliphatic heterocycles. The molecule has 7 nitrogen and oxygen atoms in total. The van der Waals surface area contributed by atoms with Crippen LogP contribution in [-0.2, 0) is 10.2 Å². The van der Waals surface area contributed by atoms with Crippen LogP contribution in [0.5, 0.6) is 0 Å². The summed E-state index contributed by atoms with van der Waals surface area (Å²) >= 11 is 0. The van der Waals surface area contributed by atoms with Gasteiger partial charge in [-0.2, -0.15) is 0 Å². The molecule has 0 saturated heterocycles. The highest BCUT2D eigenvalue weighted by molar-refractivity contribution is 5.88. The van der Waals surface area contributed by atoms with Crippen LogP contribution in [0.1, 0.15) is 53.5 Å². The average molecular weight is 421 g/mol. The van der Waals surface area contributed by atoms with Crippen molar-refractivity contribution < 1.29 is 9.72 Å². The SMILES string of the molecule is CC(C)CN(CC(C)C)C(=O)C(C)(C)c1ccc([N+](=O)[O-])c(NCCCN(C)C)c1. The quantitative estimate of drug-likeness (QED) is 0.308. The Hall–Kier alpha value is -2.15. The van der Waals surface area contributed by atoms with Crippen LogP contribution in [-0.4, -0.2) is 60.9 Å². The molecule has 0 bridgehead atoms. The van der Waals surface area contributed by atoms with E-state index >= 15 is 0 Å². The number of nitrogens with zero attached hydrogens (tertiary/aromatic N) is 3. The number of nitro benzene ring substituents is 1. The van der Waals surface area contributed by atoms with E-state index in [-0.39, 0.29) is 16.5 Å². The number of nitro groups is 1. The van der Waals surface area contributed by atoms with E-state index in [0.29, 0.717) is 37.2 Å². The van der Waals surface area contributed by atoms with Crippen LogP contribution in [0, 0.1) is 22.0 Å². The zero-order chi connectivity index (χ0) is 23.1. The molecule has 1 aromatic carbocycles. The van der Waals surface area contributed by atoms with Crippen molar-refractivity contribution >= 4 is 17.3 Å². The van der Waals surface area contributed by atoms with Gasteiger partial charge in [-0.3, -0.25) is 14.9 Å². The molecular weight excluding hydrogens is 380 g/mol. The number of carbonyl (C=O) groups excluding carboxylic acids is 1. The fourth-order valence-corrected chi connectivity index (χ4v) is 3.48. The van der Waals surface area contributed by atoms with E-state index in [2.05, 4.69) is 37.9 Å². The summed E-state index contributed by atoms with van der Waals surface area (Å²) in [6.07, 6.45) is 0.868. The summed E-state index contributed by atoms with van der Waals surface area (Å²) in [5.74, 6) is 0.792. The molecule has 1 N–H and O–H groups in total. The average Bonchev–Trinajstić information content (AvgIpc) is 2.62. The minimum Gasteiger partial charge on any atom is -0.379 e. The van der Waals surface area contributed by atoms with Gasteiger partial charge in [-0.15, -0.1) is 0 Å². The smallest absolute Gasteiger partial charge is 0.292 e. The van der Waals surface area contributed by atoms with Gasteiger partial charge in [0.05, 0.1) is 10.3 Å². The topological polar surface area (TPSA) is 78.7 Å². The molecule has 0 aliphatic carbocycles. The van der Waals surface area contributed by atoms with Gasteiger partial charge in [0.15, 0.2) is 0 Å². The van der Waals surface area contributed by atoms with Gasteiger partial charge in [0.2, 0.25) is 5.91 Å². The summed E-state index contributed by atoms with van der Waals surface area (Å²) in [6.45, 7) is 15.1. The Labute approximate surface area is 182 Å². The first-order valence-electron chi connectivity index (χ1n) is 10.8. The van der Waals surface area contributed by atoms with Gasteiger partial charge >= 0.3 is 0 Å². The Morgan fingerprint density at radius 1 is 1.13 bits per heavy atom. The first-order chi connectivity index (χ1) is 13.9. The van der Waals surface area contributed by atoms with Gasteiger partial charge in [-0.25, -0.2) is 0 Å². The van der Waals surface area contributed by atoms with Crippen molar-refractivity contribution in [3.05, 3.63) is 33.9 Å². The highest BCUT2D eigenvalue weighted by atomic mass is 16.6. The molecule has 1 rings (SSSR count). The van der Waals surface area contributed by atoms with Crippen LogP contribution in [0.4, 0.5) is 11.4 Å². The maximum absolute atomic E-state index is 13.5. The van der Waals surface area contributed by atoms with Crippen molar-refractivity contribution in [1.82, 2.24) is 9.80 Å². The Morgan fingerprint density at radius 3 is 2.17 bits per heavy atom. The predicted octanol–water partition coefficient (Wildman–Crippen LogP) is 4.38. The Balaban J connectivity index is 3.17. The first-order valence-corrected chi connectivity index (χ1v) is 10.8. The van der Waals surface area contributed by atoms with Gasteiger partial charge in [0.25, 0.3) is 5.69 Å². The monoisotopic (exact) mass is 420 g/mol. The lowest BCUT2D eigenvalue weighted by atomic mass is 9.82. The van der Waals surface area contributed by atoms with Crippen LogP contribution in [0.3, 0.4) is 0 Å². The Kier molecular flexibility index (Phi) is 9.75.